The third kappa shape index (κ3) is 4.57. The lowest BCUT2D eigenvalue weighted by atomic mass is 9.70. The number of hydrogen-bond acceptors (Lipinski definition) is 8. The van der Waals surface area contributed by atoms with Gasteiger partial charge in [0.15, 0.2) is 0 Å². The van der Waals surface area contributed by atoms with Gasteiger partial charge in [0.2, 0.25) is 11.8 Å². The first kappa shape index (κ1) is 27.5. The summed E-state index contributed by atoms with van der Waals surface area (Å²) in [5, 5.41) is 17.8. The molecule has 6 atom stereocenters. The molecule has 2 bridgehead atoms. The Morgan fingerprint density at radius 3 is 2.82 bits per heavy atom. The maximum atomic E-state index is 14.4. The van der Waals surface area contributed by atoms with Crippen LogP contribution >= 0.6 is 15.9 Å². The van der Waals surface area contributed by atoms with E-state index in [-0.39, 0.29) is 49.6 Å². The number of nitrogens with zero attached hydrogens (tertiary/aromatic N) is 5. The molecule has 3 aliphatic heterocycles. The summed E-state index contributed by atoms with van der Waals surface area (Å²) in [6.45, 7) is 7.95. The van der Waals surface area contributed by atoms with Crippen LogP contribution in [-0.2, 0) is 30.5 Å². The molecular weight excluding hydrogens is 570 g/mol. The first-order valence-corrected chi connectivity index (χ1v) is 14.0. The van der Waals surface area contributed by atoms with Crippen molar-refractivity contribution in [1.82, 2.24) is 24.8 Å². The first-order valence-electron chi connectivity index (χ1n) is 13.1. The fourth-order valence-corrected chi connectivity index (χ4v) is 7.22. The van der Waals surface area contributed by atoms with Gasteiger partial charge in [0.05, 0.1) is 23.5 Å². The second-order valence-electron chi connectivity index (χ2n) is 10.1. The van der Waals surface area contributed by atoms with Crippen molar-refractivity contribution in [3.63, 3.8) is 0 Å². The Bertz CT molecular complexity index is 1280. The van der Waals surface area contributed by atoms with Crippen LogP contribution in [0.25, 0.3) is 11.0 Å². The number of esters is 1. The largest absolute Gasteiger partial charge is 0.461 e. The number of halogens is 1. The van der Waals surface area contributed by atoms with Crippen LogP contribution in [0.1, 0.15) is 19.3 Å². The van der Waals surface area contributed by atoms with E-state index in [0.29, 0.717) is 24.8 Å². The summed E-state index contributed by atoms with van der Waals surface area (Å²) < 4.78 is 13.5. The number of amides is 2. The molecule has 39 heavy (non-hydrogen) atoms. The Hall–Kier alpha value is -3.09. The molecule has 0 aliphatic carbocycles. The van der Waals surface area contributed by atoms with Crippen LogP contribution in [0, 0.1) is 11.8 Å². The van der Waals surface area contributed by atoms with E-state index in [1.165, 1.54) is 11.0 Å². The lowest BCUT2D eigenvalue weighted by Crippen LogP contribution is -2.57. The molecule has 3 aliphatic rings. The number of benzene rings is 1. The van der Waals surface area contributed by atoms with Crippen LogP contribution in [0.15, 0.2) is 49.6 Å². The van der Waals surface area contributed by atoms with Crippen LogP contribution in [0.5, 0.6) is 0 Å². The smallest absolute Gasteiger partial charge is 0.312 e. The maximum absolute atomic E-state index is 14.4. The van der Waals surface area contributed by atoms with Crippen molar-refractivity contribution in [3.05, 3.63) is 49.6 Å². The molecular formula is C27H32BrN5O6. The average Bonchev–Trinajstić information content (AvgIpc) is 3.64. The van der Waals surface area contributed by atoms with E-state index >= 15 is 0 Å². The standard InChI is InChI=1S/C27H32BrN5O6/c1-3-11-31(16-33-19-10-6-5-9-18(19)29-30-33)25(36)23-27-15-17(28)22(39-27)20(26(37)38-14-4-2)21(27)24(35)32(23)12-7-8-13-34/h3-6,9-10,17,20-23,34H,1-2,7-8,11-16H2/t17?,20-,21+,22-,23?,27?/m1/s1. The summed E-state index contributed by atoms with van der Waals surface area (Å²) >= 11 is 3.65. The van der Waals surface area contributed by atoms with E-state index in [1.54, 1.807) is 15.7 Å². The molecule has 4 heterocycles. The Morgan fingerprint density at radius 2 is 2.08 bits per heavy atom. The van der Waals surface area contributed by atoms with Crippen LogP contribution in [0.4, 0.5) is 0 Å². The number of carbonyl (C=O) groups is 3. The van der Waals surface area contributed by atoms with Crippen molar-refractivity contribution in [1.29, 1.82) is 0 Å². The fraction of sp³-hybridized carbons (Fsp3) is 0.519. The lowest BCUT2D eigenvalue weighted by molar-refractivity contribution is -0.154. The number of alkyl halides is 1. The SMILES string of the molecule is C=CCOC(=O)[C@H]1[C@@H]2OC3(CC2Br)C(C(=O)N(CC=C)Cn2nnc4ccccc42)N(CCCCO)C(=O)[C@H]13. The number of aromatic nitrogens is 3. The predicted octanol–water partition coefficient (Wildman–Crippen LogP) is 1.65. The Kier molecular flexibility index (Phi) is 7.88. The lowest BCUT2D eigenvalue weighted by Gasteiger charge is -2.37. The van der Waals surface area contributed by atoms with E-state index in [0.717, 1.165) is 5.52 Å². The van der Waals surface area contributed by atoms with Crippen molar-refractivity contribution in [3.8, 4) is 0 Å². The summed E-state index contributed by atoms with van der Waals surface area (Å²) in [5.74, 6) is -2.87. The Labute approximate surface area is 234 Å². The van der Waals surface area contributed by atoms with Crippen molar-refractivity contribution in [2.45, 2.75) is 48.5 Å². The molecule has 2 aromatic rings. The third-order valence-electron chi connectivity index (χ3n) is 7.83. The summed E-state index contributed by atoms with van der Waals surface area (Å²) in [4.78, 5) is 44.4. The van der Waals surface area contributed by atoms with Gasteiger partial charge in [-0.25, -0.2) is 4.68 Å². The van der Waals surface area contributed by atoms with Crippen LogP contribution in [-0.4, -0.2) is 96.6 Å². The van der Waals surface area contributed by atoms with Gasteiger partial charge in [-0.1, -0.05) is 52.0 Å². The van der Waals surface area contributed by atoms with Gasteiger partial charge in [0, 0.05) is 24.5 Å². The molecule has 3 saturated heterocycles. The number of para-hydroxylation sites is 1. The quantitative estimate of drug-likeness (QED) is 0.168. The van der Waals surface area contributed by atoms with E-state index in [9.17, 15) is 19.5 Å². The van der Waals surface area contributed by atoms with Gasteiger partial charge in [0.1, 0.15) is 30.4 Å². The minimum absolute atomic E-state index is 0.0183. The van der Waals surface area contributed by atoms with Crippen molar-refractivity contribution in [2.75, 3.05) is 26.3 Å². The molecule has 1 aromatic heterocycles. The van der Waals surface area contributed by atoms with E-state index in [1.807, 2.05) is 24.3 Å². The monoisotopic (exact) mass is 601 g/mol. The summed E-state index contributed by atoms with van der Waals surface area (Å²) in [6.07, 6.45) is 3.85. The Balaban J connectivity index is 1.51. The molecule has 1 spiro atoms. The van der Waals surface area contributed by atoms with Gasteiger partial charge in [-0.3, -0.25) is 14.4 Å². The minimum Gasteiger partial charge on any atom is -0.461 e. The molecule has 3 unspecified atom stereocenters. The van der Waals surface area contributed by atoms with Gasteiger partial charge in [0.25, 0.3) is 0 Å². The maximum Gasteiger partial charge on any atom is 0.312 e. The molecule has 1 N–H and O–H groups in total. The highest BCUT2D eigenvalue weighted by Crippen LogP contribution is 2.60. The number of unbranched alkanes of at least 4 members (excludes halogenated alkanes) is 1. The number of hydrogen-bond donors (Lipinski definition) is 1. The van der Waals surface area contributed by atoms with Gasteiger partial charge in [-0.2, -0.15) is 0 Å². The zero-order chi connectivity index (χ0) is 27.7. The van der Waals surface area contributed by atoms with Gasteiger partial charge >= 0.3 is 5.97 Å². The number of aliphatic hydroxyl groups is 1. The Morgan fingerprint density at radius 1 is 1.28 bits per heavy atom. The minimum atomic E-state index is -1.20. The molecule has 0 saturated carbocycles. The van der Waals surface area contributed by atoms with Crippen LogP contribution in [0.3, 0.4) is 0 Å². The van der Waals surface area contributed by atoms with Crippen LogP contribution in [0.2, 0.25) is 0 Å². The molecule has 208 valence electrons. The van der Waals surface area contributed by atoms with E-state index < -0.39 is 35.6 Å². The van der Waals surface area contributed by atoms with Gasteiger partial charge < -0.3 is 24.4 Å². The number of fused-ring (bicyclic) bond motifs is 2. The predicted molar refractivity (Wildman–Crippen MR) is 144 cm³/mol. The van der Waals surface area contributed by atoms with Crippen molar-refractivity contribution >= 4 is 44.7 Å². The molecule has 5 rings (SSSR count). The summed E-state index contributed by atoms with van der Waals surface area (Å²) in [6, 6.07) is 6.48. The van der Waals surface area contributed by atoms with Gasteiger partial charge in [-0.05, 0) is 31.4 Å². The number of aliphatic hydroxyl groups excluding tert-OH is 1. The zero-order valence-corrected chi connectivity index (χ0v) is 23.1. The topological polar surface area (TPSA) is 127 Å². The third-order valence-corrected chi connectivity index (χ3v) is 8.68. The highest BCUT2D eigenvalue weighted by molar-refractivity contribution is 9.09. The van der Waals surface area contributed by atoms with Crippen LogP contribution < -0.4 is 0 Å². The molecule has 2 amide bonds. The van der Waals surface area contributed by atoms with Crippen molar-refractivity contribution < 1.29 is 29.0 Å². The molecule has 1 aromatic carbocycles. The summed E-state index contributed by atoms with van der Waals surface area (Å²) in [7, 11) is 0. The second-order valence-corrected chi connectivity index (χ2v) is 11.3. The second kappa shape index (κ2) is 11.2. The fourth-order valence-electron chi connectivity index (χ4n) is 6.28. The first-order chi connectivity index (χ1) is 18.9. The highest BCUT2D eigenvalue weighted by atomic mass is 79.9. The number of likely N-dealkylation sites (tertiary alicyclic amines) is 1. The molecule has 11 nitrogen and oxygen atoms in total. The molecule has 0 radical (unpaired) electrons. The molecule has 12 heteroatoms. The average molecular weight is 602 g/mol. The highest BCUT2D eigenvalue weighted by Gasteiger charge is 2.77. The summed E-state index contributed by atoms with van der Waals surface area (Å²) in [5.41, 5.74) is 0.263. The number of rotatable bonds is 12. The number of carbonyl (C=O) groups excluding carboxylic acids is 3. The normalized spacial score (nSPS) is 29.0. The number of ether oxygens (including phenoxy) is 2. The van der Waals surface area contributed by atoms with E-state index in [4.69, 9.17) is 9.47 Å². The molecule has 3 fully saturated rings. The zero-order valence-electron chi connectivity index (χ0n) is 21.5. The van der Waals surface area contributed by atoms with Crippen molar-refractivity contribution in [2.24, 2.45) is 11.8 Å². The van der Waals surface area contributed by atoms with E-state index in [2.05, 4.69) is 39.4 Å². The van der Waals surface area contributed by atoms with Gasteiger partial charge in [-0.15, -0.1) is 11.7 Å².